The lowest BCUT2D eigenvalue weighted by molar-refractivity contribution is -0.123. The number of rotatable bonds is 10. The second-order valence-corrected chi connectivity index (χ2v) is 7.49. The number of ether oxygens (including phenoxy) is 2. The third-order valence-electron chi connectivity index (χ3n) is 5.01. The zero-order chi connectivity index (χ0) is 21.2. The lowest BCUT2D eigenvalue weighted by Gasteiger charge is -2.14. The van der Waals surface area contributed by atoms with Gasteiger partial charge in [-0.1, -0.05) is 18.2 Å². The van der Waals surface area contributed by atoms with Gasteiger partial charge in [-0.05, 0) is 68.9 Å². The van der Waals surface area contributed by atoms with E-state index in [9.17, 15) is 9.59 Å². The zero-order valence-electron chi connectivity index (χ0n) is 17.5. The van der Waals surface area contributed by atoms with Gasteiger partial charge in [0, 0.05) is 24.7 Å². The van der Waals surface area contributed by atoms with Gasteiger partial charge in [-0.2, -0.15) is 0 Å². The number of likely N-dealkylation sites (N-methyl/N-ethyl adjacent to an activating group) is 1. The molecule has 0 radical (unpaired) electrons. The Kier molecular flexibility index (Phi) is 8.12. The molecule has 160 valence electrons. The van der Waals surface area contributed by atoms with Crippen molar-refractivity contribution in [1.82, 2.24) is 5.32 Å². The predicted molar refractivity (Wildman–Crippen MR) is 117 cm³/mol. The maximum Gasteiger partial charge on any atom is 0.257 e. The van der Waals surface area contributed by atoms with E-state index in [0.29, 0.717) is 36.9 Å². The van der Waals surface area contributed by atoms with Crippen LogP contribution in [0.1, 0.15) is 44.6 Å². The highest BCUT2D eigenvalue weighted by Crippen LogP contribution is 2.25. The zero-order valence-corrected chi connectivity index (χ0v) is 17.5. The average molecular weight is 411 g/mol. The number of carbonyl (C=O) groups excluding carboxylic acids is 2. The molecule has 0 bridgehead atoms. The summed E-state index contributed by atoms with van der Waals surface area (Å²) in [5.41, 5.74) is 1.73. The SMILES string of the molecule is CCNC(=O)COc1cccc(NC(=O)CCc2cccc(OC3CCCC3)c2)c1. The van der Waals surface area contributed by atoms with Gasteiger partial charge in [-0.3, -0.25) is 9.59 Å². The summed E-state index contributed by atoms with van der Waals surface area (Å²) in [5, 5.41) is 5.56. The first-order chi connectivity index (χ1) is 14.6. The molecule has 0 heterocycles. The molecule has 0 spiro atoms. The number of hydrogen-bond donors (Lipinski definition) is 2. The van der Waals surface area contributed by atoms with E-state index >= 15 is 0 Å². The molecule has 2 aromatic rings. The fraction of sp³-hybridized carbons (Fsp3) is 0.417. The summed E-state index contributed by atoms with van der Waals surface area (Å²) in [5.74, 6) is 1.18. The van der Waals surface area contributed by atoms with Crippen LogP contribution in [0.5, 0.6) is 11.5 Å². The Bertz CT molecular complexity index is 847. The van der Waals surface area contributed by atoms with Crippen molar-refractivity contribution >= 4 is 17.5 Å². The molecular formula is C24H30N2O4. The van der Waals surface area contributed by atoms with Gasteiger partial charge in [0.05, 0.1) is 6.10 Å². The first kappa shape index (κ1) is 21.7. The van der Waals surface area contributed by atoms with E-state index in [2.05, 4.69) is 10.6 Å². The van der Waals surface area contributed by atoms with Crippen LogP contribution in [0.25, 0.3) is 0 Å². The summed E-state index contributed by atoms with van der Waals surface area (Å²) >= 11 is 0. The molecule has 1 aliphatic carbocycles. The number of nitrogens with one attached hydrogen (secondary N) is 2. The fourth-order valence-electron chi connectivity index (χ4n) is 3.52. The van der Waals surface area contributed by atoms with E-state index in [0.717, 1.165) is 24.2 Å². The predicted octanol–water partition coefficient (Wildman–Crippen LogP) is 4.09. The van der Waals surface area contributed by atoms with Gasteiger partial charge in [-0.15, -0.1) is 0 Å². The maximum absolute atomic E-state index is 12.4. The molecule has 0 atom stereocenters. The van der Waals surface area contributed by atoms with Gasteiger partial charge in [0.1, 0.15) is 11.5 Å². The minimum absolute atomic E-state index is 0.0511. The average Bonchev–Trinajstić information content (AvgIpc) is 3.25. The minimum Gasteiger partial charge on any atom is -0.490 e. The molecule has 1 aliphatic rings. The van der Waals surface area contributed by atoms with Gasteiger partial charge in [-0.25, -0.2) is 0 Å². The molecule has 6 nitrogen and oxygen atoms in total. The third-order valence-corrected chi connectivity index (χ3v) is 5.01. The monoisotopic (exact) mass is 410 g/mol. The van der Waals surface area contributed by atoms with Gasteiger partial charge < -0.3 is 20.1 Å². The van der Waals surface area contributed by atoms with Crippen molar-refractivity contribution in [3.63, 3.8) is 0 Å². The van der Waals surface area contributed by atoms with Crippen molar-refractivity contribution in [3.05, 3.63) is 54.1 Å². The molecule has 0 aliphatic heterocycles. The highest BCUT2D eigenvalue weighted by atomic mass is 16.5. The number of benzene rings is 2. The van der Waals surface area contributed by atoms with E-state index in [4.69, 9.17) is 9.47 Å². The standard InChI is InChI=1S/C24H30N2O4/c1-2-25-24(28)17-29-21-11-6-8-19(16-21)26-23(27)14-13-18-7-5-12-22(15-18)30-20-9-3-4-10-20/h5-8,11-12,15-16,20H,2-4,9-10,13-14,17H2,1H3,(H,25,28)(H,26,27). The summed E-state index contributed by atoms with van der Waals surface area (Å²) in [4.78, 5) is 23.9. The van der Waals surface area contributed by atoms with Crippen LogP contribution in [-0.4, -0.2) is 31.1 Å². The lowest BCUT2D eigenvalue weighted by Crippen LogP contribution is -2.28. The Balaban J connectivity index is 1.46. The molecule has 1 fully saturated rings. The summed E-state index contributed by atoms with van der Waals surface area (Å²) in [7, 11) is 0. The number of amides is 2. The Morgan fingerprint density at radius 3 is 2.57 bits per heavy atom. The van der Waals surface area contributed by atoms with Crippen molar-refractivity contribution in [2.24, 2.45) is 0 Å². The van der Waals surface area contributed by atoms with Crippen LogP contribution in [0, 0.1) is 0 Å². The van der Waals surface area contributed by atoms with E-state index in [-0.39, 0.29) is 18.4 Å². The van der Waals surface area contributed by atoms with Crippen LogP contribution >= 0.6 is 0 Å². The second kappa shape index (κ2) is 11.2. The maximum atomic E-state index is 12.4. The Labute approximate surface area is 178 Å². The van der Waals surface area contributed by atoms with E-state index in [1.54, 1.807) is 24.3 Å². The third kappa shape index (κ3) is 7.10. The van der Waals surface area contributed by atoms with Crippen molar-refractivity contribution in [2.75, 3.05) is 18.5 Å². The molecule has 3 rings (SSSR count). The summed E-state index contributed by atoms with van der Waals surface area (Å²) in [6.07, 6.45) is 6.06. The van der Waals surface area contributed by atoms with Crippen molar-refractivity contribution in [3.8, 4) is 11.5 Å². The normalized spacial score (nSPS) is 13.6. The molecule has 2 amide bonds. The van der Waals surface area contributed by atoms with Crippen LogP contribution < -0.4 is 20.1 Å². The summed E-state index contributed by atoms with van der Waals surface area (Å²) in [6.45, 7) is 2.37. The molecule has 6 heteroatoms. The van der Waals surface area contributed by atoms with Crippen LogP contribution in [0.4, 0.5) is 5.69 Å². The van der Waals surface area contributed by atoms with E-state index < -0.39 is 0 Å². The molecule has 2 N–H and O–H groups in total. The molecule has 30 heavy (non-hydrogen) atoms. The van der Waals surface area contributed by atoms with Crippen LogP contribution in [0.15, 0.2) is 48.5 Å². The number of carbonyl (C=O) groups is 2. The molecular weight excluding hydrogens is 380 g/mol. The highest BCUT2D eigenvalue weighted by molar-refractivity contribution is 5.91. The van der Waals surface area contributed by atoms with Crippen LogP contribution in [-0.2, 0) is 16.0 Å². The second-order valence-electron chi connectivity index (χ2n) is 7.49. The van der Waals surface area contributed by atoms with Gasteiger partial charge >= 0.3 is 0 Å². The minimum atomic E-state index is -0.175. The molecule has 0 saturated heterocycles. The molecule has 1 saturated carbocycles. The van der Waals surface area contributed by atoms with E-state index in [1.165, 1.54) is 12.8 Å². The Morgan fingerprint density at radius 2 is 1.77 bits per heavy atom. The molecule has 0 aromatic heterocycles. The van der Waals surface area contributed by atoms with E-state index in [1.807, 2.05) is 31.2 Å². The Hall–Kier alpha value is -3.02. The first-order valence-electron chi connectivity index (χ1n) is 10.7. The van der Waals surface area contributed by atoms with Crippen LogP contribution in [0.2, 0.25) is 0 Å². The number of aryl methyl sites for hydroxylation is 1. The van der Waals surface area contributed by atoms with Crippen molar-refractivity contribution in [2.45, 2.75) is 51.6 Å². The molecule has 2 aromatic carbocycles. The Morgan fingerprint density at radius 1 is 1.00 bits per heavy atom. The summed E-state index contributed by atoms with van der Waals surface area (Å²) in [6, 6.07) is 15.1. The van der Waals surface area contributed by atoms with Gasteiger partial charge in [0.2, 0.25) is 5.91 Å². The quantitative estimate of drug-likeness (QED) is 0.618. The lowest BCUT2D eigenvalue weighted by atomic mass is 10.1. The summed E-state index contributed by atoms with van der Waals surface area (Å²) < 4.78 is 11.5. The van der Waals surface area contributed by atoms with Crippen molar-refractivity contribution in [1.29, 1.82) is 0 Å². The van der Waals surface area contributed by atoms with Gasteiger partial charge in [0.15, 0.2) is 6.61 Å². The number of anilines is 1. The first-order valence-corrected chi connectivity index (χ1v) is 10.7. The smallest absolute Gasteiger partial charge is 0.257 e. The highest BCUT2D eigenvalue weighted by Gasteiger charge is 2.16. The number of hydrogen-bond acceptors (Lipinski definition) is 4. The van der Waals surface area contributed by atoms with Crippen LogP contribution in [0.3, 0.4) is 0 Å². The fourth-order valence-corrected chi connectivity index (χ4v) is 3.52. The molecule has 0 unspecified atom stereocenters. The largest absolute Gasteiger partial charge is 0.490 e. The topological polar surface area (TPSA) is 76.7 Å². The van der Waals surface area contributed by atoms with Gasteiger partial charge in [0.25, 0.3) is 5.91 Å². The van der Waals surface area contributed by atoms with Crippen molar-refractivity contribution < 1.29 is 19.1 Å².